The van der Waals surface area contributed by atoms with Crippen LogP contribution in [0, 0.1) is 11.3 Å². The topological polar surface area (TPSA) is 56.1 Å². The van der Waals surface area contributed by atoms with Gasteiger partial charge in [0.25, 0.3) is 0 Å². The molecule has 1 aliphatic heterocycles. The molecule has 3 rings (SSSR count). The number of nitriles is 1. The molecule has 1 saturated heterocycles. The Balaban J connectivity index is 2.12. The molecule has 1 aromatic rings. The fourth-order valence-electron chi connectivity index (χ4n) is 3.05. The lowest BCUT2D eigenvalue weighted by molar-refractivity contribution is -0.118. The second kappa shape index (κ2) is 5.02. The van der Waals surface area contributed by atoms with Crippen LogP contribution in [0.15, 0.2) is 12.1 Å². The van der Waals surface area contributed by atoms with Crippen LogP contribution in [-0.4, -0.2) is 25.5 Å². The normalized spacial score (nSPS) is 18.9. The van der Waals surface area contributed by atoms with E-state index in [1.165, 1.54) is 17.5 Å². The van der Waals surface area contributed by atoms with Gasteiger partial charge in [0.15, 0.2) is 0 Å². The van der Waals surface area contributed by atoms with Crippen molar-refractivity contribution in [2.24, 2.45) is 0 Å². The molecule has 4 heteroatoms. The second-order valence-corrected chi connectivity index (χ2v) is 5.14. The molecular formula is C15H17N3O. The number of amides is 1. The van der Waals surface area contributed by atoms with E-state index < -0.39 is 0 Å². The molecule has 2 aliphatic rings. The lowest BCUT2D eigenvalue weighted by Crippen LogP contribution is -2.49. The zero-order valence-corrected chi connectivity index (χ0v) is 10.9. The van der Waals surface area contributed by atoms with Crippen molar-refractivity contribution >= 4 is 11.6 Å². The van der Waals surface area contributed by atoms with Crippen molar-refractivity contribution < 1.29 is 4.79 Å². The number of nitrogens with zero attached hydrogens (tertiary/aromatic N) is 2. The molecule has 1 aromatic carbocycles. The fourth-order valence-corrected chi connectivity index (χ4v) is 3.05. The number of nitrogens with one attached hydrogen (secondary N) is 1. The van der Waals surface area contributed by atoms with Crippen LogP contribution in [0.4, 0.5) is 5.69 Å². The molecule has 1 fully saturated rings. The Hall–Kier alpha value is -1.86. The van der Waals surface area contributed by atoms with Crippen LogP contribution in [0.3, 0.4) is 0 Å². The monoisotopic (exact) mass is 255 g/mol. The molecule has 1 amide bonds. The third kappa shape index (κ3) is 2.11. The Labute approximate surface area is 113 Å². The summed E-state index contributed by atoms with van der Waals surface area (Å²) in [5, 5.41) is 12.4. The van der Waals surface area contributed by atoms with E-state index in [-0.39, 0.29) is 5.91 Å². The first-order chi connectivity index (χ1) is 9.31. The Kier molecular flexibility index (Phi) is 3.22. The number of aryl methyl sites for hydroxylation is 1. The number of carbonyl (C=O) groups is 1. The van der Waals surface area contributed by atoms with Gasteiger partial charge in [-0.3, -0.25) is 4.79 Å². The third-order valence-electron chi connectivity index (χ3n) is 3.98. The molecule has 1 N–H and O–H groups in total. The first-order valence-corrected chi connectivity index (χ1v) is 6.87. The van der Waals surface area contributed by atoms with Crippen molar-refractivity contribution in [2.75, 3.05) is 24.5 Å². The van der Waals surface area contributed by atoms with Gasteiger partial charge in [-0.25, -0.2) is 0 Å². The highest BCUT2D eigenvalue weighted by Crippen LogP contribution is 2.33. The largest absolute Gasteiger partial charge is 0.308 e. The first kappa shape index (κ1) is 12.2. The number of piperazine rings is 1. The maximum Gasteiger partial charge on any atom is 0.241 e. The van der Waals surface area contributed by atoms with Gasteiger partial charge >= 0.3 is 0 Å². The number of carbonyl (C=O) groups excluding carboxylic acids is 1. The summed E-state index contributed by atoms with van der Waals surface area (Å²) in [6.45, 7) is 1.82. The minimum atomic E-state index is 0.0710. The van der Waals surface area contributed by atoms with Crippen molar-refractivity contribution in [1.29, 1.82) is 5.26 Å². The van der Waals surface area contributed by atoms with Gasteiger partial charge in [-0.2, -0.15) is 5.26 Å². The number of benzene rings is 1. The van der Waals surface area contributed by atoms with Crippen molar-refractivity contribution in [1.82, 2.24) is 5.32 Å². The summed E-state index contributed by atoms with van der Waals surface area (Å²) >= 11 is 0. The van der Waals surface area contributed by atoms with Crippen LogP contribution in [-0.2, 0) is 17.6 Å². The van der Waals surface area contributed by atoms with Gasteiger partial charge < -0.3 is 10.2 Å². The van der Waals surface area contributed by atoms with E-state index >= 15 is 0 Å². The van der Waals surface area contributed by atoms with Gasteiger partial charge in [0, 0.05) is 13.1 Å². The molecule has 0 unspecified atom stereocenters. The number of hydrogen-bond acceptors (Lipinski definition) is 3. The highest BCUT2D eigenvalue weighted by Gasteiger charge is 2.26. The minimum Gasteiger partial charge on any atom is -0.308 e. The summed E-state index contributed by atoms with van der Waals surface area (Å²) in [7, 11) is 0. The smallest absolute Gasteiger partial charge is 0.241 e. The van der Waals surface area contributed by atoms with Crippen LogP contribution >= 0.6 is 0 Å². The zero-order valence-electron chi connectivity index (χ0n) is 10.9. The lowest BCUT2D eigenvalue weighted by atomic mass is 9.88. The number of fused-ring (bicyclic) bond motifs is 1. The van der Waals surface area contributed by atoms with Gasteiger partial charge in [0.2, 0.25) is 5.91 Å². The molecular weight excluding hydrogens is 238 g/mol. The maximum atomic E-state index is 12.1. The van der Waals surface area contributed by atoms with Gasteiger partial charge in [-0.1, -0.05) is 6.07 Å². The Morgan fingerprint density at radius 2 is 2.11 bits per heavy atom. The summed E-state index contributed by atoms with van der Waals surface area (Å²) in [5.74, 6) is 0.0710. The van der Waals surface area contributed by atoms with E-state index in [0.29, 0.717) is 18.7 Å². The predicted octanol–water partition coefficient (Wildman–Crippen LogP) is 1.37. The fraction of sp³-hybridized carbons (Fsp3) is 0.467. The molecule has 98 valence electrons. The average Bonchev–Trinajstić information content (AvgIpc) is 2.47. The SMILES string of the molecule is N#Cc1ccc2c(c1N1CCNCC1=O)CCCC2. The average molecular weight is 255 g/mol. The maximum absolute atomic E-state index is 12.1. The van der Waals surface area contributed by atoms with Crippen molar-refractivity contribution in [2.45, 2.75) is 25.7 Å². The molecule has 0 bridgehead atoms. The van der Waals surface area contributed by atoms with Crippen LogP contribution in [0.5, 0.6) is 0 Å². The molecule has 4 nitrogen and oxygen atoms in total. The summed E-state index contributed by atoms with van der Waals surface area (Å²) in [6.07, 6.45) is 4.40. The predicted molar refractivity (Wildman–Crippen MR) is 73.0 cm³/mol. The number of hydrogen-bond donors (Lipinski definition) is 1. The van der Waals surface area contributed by atoms with Crippen molar-refractivity contribution in [3.63, 3.8) is 0 Å². The first-order valence-electron chi connectivity index (χ1n) is 6.87. The molecule has 0 radical (unpaired) electrons. The number of rotatable bonds is 1. The van der Waals surface area contributed by atoms with Crippen molar-refractivity contribution in [3.8, 4) is 6.07 Å². The highest BCUT2D eigenvalue weighted by atomic mass is 16.2. The molecule has 1 heterocycles. The molecule has 0 saturated carbocycles. The van der Waals surface area contributed by atoms with Gasteiger partial charge in [-0.15, -0.1) is 0 Å². The van der Waals surface area contributed by atoms with E-state index in [4.69, 9.17) is 0 Å². The summed E-state index contributed by atoms with van der Waals surface area (Å²) in [4.78, 5) is 13.9. The van der Waals surface area contributed by atoms with Crippen LogP contribution < -0.4 is 10.2 Å². The quantitative estimate of drug-likeness (QED) is 0.824. The van der Waals surface area contributed by atoms with Gasteiger partial charge in [0.1, 0.15) is 6.07 Å². The molecule has 0 aromatic heterocycles. The van der Waals surface area contributed by atoms with E-state index in [1.54, 1.807) is 4.90 Å². The Bertz CT molecular complexity index is 559. The molecule has 0 atom stereocenters. The zero-order chi connectivity index (χ0) is 13.2. The summed E-state index contributed by atoms with van der Waals surface area (Å²) in [5.41, 5.74) is 4.05. The van der Waals surface area contributed by atoms with E-state index in [0.717, 1.165) is 31.5 Å². The van der Waals surface area contributed by atoms with E-state index in [2.05, 4.69) is 17.5 Å². The molecule has 0 spiro atoms. The second-order valence-electron chi connectivity index (χ2n) is 5.14. The van der Waals surface area contributed by atoms with E-state index in [1.807, 2.05) is 6.07 Å². The molecule has 1 aliphatic carbocycles. The lowest BCUT2D eigenvalue weighted by Gasteiger charge is -2.32. The Morgan fingerprint density at radius 1 is 1.26 bits per heavy atom. The van der Waals surface area contributed by atoms with Gasteiger partial charge in [-0.05, 0) is 42.9 Å². The van der Waals surface area contributed by atoms with Crippen LogP contribution in [0.25, 0.3) is 0 Å². The minimum absolute atomic E-state index is 0.0710. The molecule has 19 heavy (non-hydrogen) atoms. The van der Waals surface area contributed by atoms with Gasteiger partial charge in [0.05, 0.1) is 17.8 Å². The van der Waals surface area contributed by atoms with Crippen molar-refractivity contribution in [3.05, 3.63) is 28.8 Å². The van der Waals surface area contributed by atoms with Crippen LogP contribution in [0.1, 0.15) is 29.5 Å². The standard InChI is InChI=1S/C15H17N3O/c16-9-12-6-5-11-3-1-2-4-13(11)15(12)18-8-7-17-10-14(18)19/h5-6,17H,1-4,7-8,10H2. The summed E-state index contributed by atoms with van der Waals surface area (Å²) in [6, 6.07) is 6.18. The number of anilines is 1. The Morgan fingerprint density at radius 3 is 2.89 bits per heavy atom. The third-order valence-corrected chi connectivity index (χ3v) is 3.98. The summed E-state index contributed by atoms with van der Waals surface area (Å²) < 4.78 is 0. The highest BCUT2D eigenvalue weighted by molar-refractivity contribution is 5.97. The van der Waals surface area contributed by atoms with Crippen LogP contribution in [0.2, 0.25) is 0 Å². The van der Waals surface area contributed by atoms with E-state index in [9.17, 15) is 10.1 Å².